The lowest BCUT2D eigenvalue weighted by atomic mass is 9.89. The zero-order chi connectivity index (χ0) is 21.0. The highest BCUT2D eigenvalue weighted by atomic mass is 16.5. The first kappa shape index (κ1) is 20.2. The number of anilines is 2. The summed E-state index contributed by atoms with van der Waals surface area (Å²) in [5, 5.41) is 2.72. The maximum atomic E-state index is 12.6. The van der Waals surface area contributed by atoms with Crippen LogP contribution in [0.3, 0.4) is 0 Å². The standard InChI is InChI=1S/C21H23N3O5/c1-21(2,13-18(25)28-16-7-3-5-14(22)11-16)19(26)29-17-8-4-6-15(12-17)24-10-9-23-20(24)27/h3-8,11-12H,9-10,13,22H2,1-2H3,(H,23,27). The Labute approximate surface area is 168 Å². The fourth-order valence-electron chi connectivity index (χ4n) is 2.86. The first-order valence-corrected chi connectivity index (χ1v) is 9.18. The number of nitrogens with zero attached hydrogens (tertiary/aromatic N) is 1. The van der Waals surface area contributed by atoms with E-state index < -0.39 is 17.4 Å². The van der Waals surface area contributed by atoms with Gasteiger partial charge in [-0.3, -0.25) is 14.5 Å². The Kier molecular flexibility index (Phi) is 5.72. The monoisotopic (exact) mass is 397 g/mol. The molecule has 3 rings (SSSR count). The minimum absolute atomic E-state index is 0.172. The summed E-state index contributed by atoms with van der Waals surface area (Å²) in [6, 6.07) is 13.0. The Balaban J connectivity index is 1.63. The summed E-state index contributed by atoms with van der Waals surface area (Å²) in [6.07, 6.45) is -0.172. The van der Waals surface area contributed by atoms with Crippen molar-refractivity contribution >= 4 is 29.3 Å². The summed E-state index contributed by atoms with van der Waals surface area (Å²) in [6.45, 7) is 4.31. The van der Waals surface area contributed by atoms with Crippen molar-refractivity contribution in [2.45, 2.75) is 20.3 Å². The molecule has 8 nitrogen and oxygen atoms in total. The summed E-state index contributed by atoms with van der Waals surface area (Å²) < 4.78 is 10.7. The summed E-state index contributed by atoms with van der Waals surface area (Å²) in [7, 11) is 0. The van der Waals surface area contributed by atoms with Gasteiger partial charge in [-0.05, 0) is 38.1 Å². The molecular weight excluding hydrogens is 374 g/mol. The first-order chi connectivity index (χ1) is 13.7. The highest BCUT2D eigenvalue weighted by Gasteiger charge is 2.34. The van der Waals surface area contributed by atoms with Crippen molar-refractivity contribution in [2.24, 2.45) is 5.41 Å². The second-order valence-electron chi connectivity index (χ2n) is 7.38. The van der Waals surface area contributed by atoms with Crippen LogP contribution in [0.25, 0.3) is 0 Å². The van der Waals surface area contributed by atoms with Crippen LogP contribution in [0.4, 0.5) is 16.2 Å². The van der Waals surface area contributed by atoms with Crippen LogP contribution in [0, 0.1) is 5.41 Å². The van der Waals surface area contributed by atoms with Crippen LogP contribution in [0.2, 0.25) is 0 Å². The summed E-state index contributed by atoms with van der Waals surface area (Å²) in [5.74, 6) is -0.537. The second-order valence-corrected chi connectivity index (χ2v) is 7.38. The molecule has 3 N–H and O–H groups in total. The van der Waals surface area contributed by atoms with Gasteiger partial charge in [0.25, 0.3) is 0 Å². The second kappa shape index (κ2) is 8.22. The normalized spacial score (nSPS) is 13.7. The van der Waals surface area contributed by atoms with Crippen molar-refractivity contribution in [3.8, 4) is 11.5 Å². The highest BCUT2D eigenvalue weighted by Crippen LogP contribution is 2.28. The molecule has 0 unspecified atom stereocenters. The van der Waals surface area contributed by atoms with Crippen LogP contribution in [0.15, 0.2) is 48.5 Å². The van der Waals surface area contributed by atoms with Crippen molar-refractivity contribution in [1.29, 1.82) is 0 Å². The third-order valence-corrected chi connectivity index (χ3v) is 4.43. The van der Waals surface area contributed by atoms with Gasteiger partial charge in [0.2, 0.25) is 0 Å². The van der Waals surface area contributed by atoms with E-state index in [2.05, 4.69) is 5.32 Å². The number of ether oxygens (including phenoxy) is 2. The van der Waals surface area contributed by atoms with Gasteiger partial charge in [-0.2, -0.15) is 0 Å². The molecule has 1 aliphatic heterocycles. The van der Waals surface area contributed by atoms with Gasteiger partial charge in [0.05, 0.1) is 11.8 Å². The predicted molar refractivity (Wildman–Crippen MR) is 108 cm³/mol. The molecule has 29 heavy (non-hydrogen) atoms. The van der Waals surface area contributed by atoms with E-state index in [0.29, 0.717) is 36.0 Å². The van der Waals surface area contributed by atoms with E-state index in [9.17, 15) is 14.4 Å². The average molecular weight is 397 g/mol. The predicted octanol–water partition coefficient (Wildman–Crippen LogP) is 2.73. The largest absolute Gasteiger partial charge is 0.426 e. The van der Waals surface area contributed by atoms with E-state index >= 15 is 0 Å². The number of esters is 2. The Morgan fingerprint density at radius 3 is 2.45 bits per heavy atom. The van der Waals surface area contributed by atoms with Crippen LogP contribution < -0.4 is 25.4 Å². The Hall–Kier alpha value is -3.55. The number of rotatable bonds is 6. The van der Waals surface area contributed by atoms with Crippen molar-refractivity contribution in [1.82, 2.24) is 5.32 Å². The lowest BCUT2D eigenvalue weighted by Crippen LogP contribution is -2.33. The molecule has 2 aromatic carbocycles. The van der Waals surface area contributed by atoms with Gasteiger partial charge in [-0.15, -0.1) is 0 Å². The van der Waals surface area contributed by atoms with Crippen molar-refractivity contribution in [2.75, 3.05) is 23.7 Å². The minimum Gasteiger partial charge on any atom is -0.426 e. The fraction of sp³-hybridized carbons (Fsp3) is 0.286. The van der Waals surface area contributed by atoms with Gasteiger partial charge in [0, 0.05) is 36.6 Å². The molecule has 1 heterocycles. The maximum absolute atomic E-state index is 12.6. The van der Waals surface area contributed by atoms with E-state index in [1.54, 1.807) is 61.2 Å². The van der Waals surface area contributed by atoms with E-state index in [0.717, 1.165) is 0 Å². The SMILES string of the molecule is CC(C)(CC(=O)Oc1cccc(N)c1)C(=O)Oc1cccc(N2CCNC2=O)c1. The number of nitrogen functional groups attached to an aromatic ring is 1. The number of nitrogens with one attached hydrogen (secondary N) is 1. The highest BCUT2D eigenvalue weighted by molar-refractivity contribution is 5.94. The number of urea groups is 1. The summed E-state index contributed by atoms with van der Waals surface area (Å²) >= 11 is 0. The van der Waals surface area contributed by atoms with Gasteiger partial charge in [-0.25, -0.2) is 4.79 Å². The summed E-state index contributed by atoms with van der Waals surface area (Å²) in [4.78, 5) is 38.2. The molecule has 0 radical (unpaired) electrons. The Morgan fingerprint density at radius 2 is 1.79 bits per heavy atom. The van der Waals surface area contributed by atoms with Gasteiger partial charge in [-0.1, -0.05) is 12.1 Å². The molecule has 152 valence electrons. The first-order valence-electron chi connectivity index (χ1n) is 9.18. The number of carbonyl (C=O) groups is 3. The molecule has 0 spiro atoms. The zero-order valence-corrected chi connectivity index (χ0v) is 16.3. The number of benzene rings is 2. The van der Waals surface area contributed by atoms with Crippen molar-refractivity contribution in [3.63, 3.8) is 0 Å². The molecule has 1 aliphatic rings. The molecular formula is C21H23N3O5. The van der Waals surface area contributed by atoms with E-state index in [4.69, 9.17) is 15.2 Å². The third-order valence-electron chi connectivity index (χ3n) is 4.43. The quantitative estimate of drug-likeness (QED) is 0.440. The van der Waals surface area contributed by atoms with Crippen LogP contribution in [-0.4, -0.2) is 31.1 Å². The summed E-state index contributed by atoms with van der Waals surface area (Å²) in [5.41, 5.74) is 5.66. The third kappa shape index (κ3) is 5.04. The Bertz CT molecular complexity index is 941. The molecule has 2 aromatic rings. The smallest absolute Gasteiger partial charge is 0.321 e. The topological polar surface area (TPSA) is 111 Å². The van der Waals surface area contributed by atoms with Gasteiger partial charge in [0.1, 0.15) is 11.5 Å². The number of nitrogens with two attached hydrogens (primary N) is 1. The number of hydrogen-bond acceptors (Lipinski definition) is 6. The van der Waals surface area contributed by atoms with Crippen LogP contribution in [-0.2, 0) is 9.59 Å². The number of amides is 2. The zero-order valence-electron chi connectivity index (χ0n) is 16.3. The lowest BCUT2D eigenvalue weighted by Gasteiger charge is -2.22. The molecule has 2 amide bonds. The van der Waals surface area contributed by atoms with Crippen molar-refractivity contribution < 1.29 is 23.9 Å². The molecule has 0 atom stereocenters. The number of carbonyl (C=O) groups excluding carboxylic acids is 3. The van der Waals surface area contributed by atoms with Crippen LogP contribution in [0.1, 0.15) is 20.3 Å². The lowest BCUT2D eigenvalue weighted by molar-refractivity contribution is -0.150. The van der Waals surface area contributed by atoms with E-state index in [1.807, 2.05) is 0 Å². The average Bonchev–Trinajstić information content (AvgIpc) is 3.07. The minimum atomic E-state index is -1.11. The van der Waals surface area contributed by atoms with Gasteiger partial charge >= 0.3 is 18.0 Å². The molecule has 0 aromatic heterocycles. The molecule has 0 bridgehead atoms. The van der Waals surface area contributed by atoms with Gasteiger partial charge in [0.15, 0.2) is 0 Å². The number of hydrogen-bond donors (Lipinski definition) is 2. The van der Waals surface area contributed by atoms with E-state index in [-0.39, 0.29) is 12.5 Å². The molecule has 0 saturated carbocycles. The molecule has 1 saturated heterocycles. The van der Waals surface area contributed by atoms with Crippen LogP contribution in [0.5, 0.6) is 11.5 Å². The van der Waals surface area contributed by atoms with Crippen LogP contribution >= 0.6 is 0 Å². The van der Waals surface area contributed by atoms with Crippen molar-refractivity contribution in [3.05, 3.63) is 48.5 Å². The molecule has 0 aliphatic carbocycles. The Morgan fingerprint density at radius 1 is 1.10 bits per heavy atom. The molecule has 8 heteroatoms. The van der Waals surface area contributed by atoms with Gasteiger partial charge < -0.3 is 20.5 Å². The van der Waals surface area contributed by atoms with E-state index in [1.165, 1.54) is 6.07 Å². The molecule has 1 fully saturated rings. The maximum Gasteiger partial charge on any atom is 0.321 e. The fourth-order valence-corrected chi connectivity index (χ4v) is 2.86.